The molecule has 3 nitrogen and oxygen atoms in total. The Morgan fingerprint density at radius 1 is 1.47 bits per heavy atom. The summed E-state index contributed by atoms with van der Waals surface area (Å²) in [5.74, 6) is 0. The van der Waals surface area contributed by atoms with Crippen LogP contribution in [0.3, 0.4) is 0 Å². The van der Waals surface area contributed by atoms with Crippen molar-refractivity contribution in [3.05, 3.63) is 30.1 Å². The predicted molar refractivity (Wildman–Crippen MR) is 68.9 cm³/mol. The topological polar surface area (TPSA) is 25.4 Å². The highest BCUT2D eigenvalue weighted by Gasteiger charge is 2.25. The van der Waals surface area contributed by atoms with E-state index in [4.69, 9.17) is 4.74 Å². The van der Waals surface area contributed by atoms with Crippen LogP contribution in [0.1, 0.15) is 37.3 Å². The van der Waals surface area contributed by atoms with Crippen molar-refractivity contribution in [2.45, 2.75) is 31.7 Å². The van der Waals surface area contributed by atoms with Crippen LogP contribution in [0.15, 0.2) is 24.5 Å². The van der Waals surface area contributed by atoms with Crippen molar-refractivity contribution in [1.82, 2.24) is 9.88 Å². The van der Waals surface area contributed by atoms with Gasteiger partial charge in [-0.15, -0.1) is 0 Å². The number of hydrogen-bond acceptors (Lipinski definition) is 3. The van der Waals surface area contributed by atoms with Crippen LogP contribution < -0.4 is 0 Å². The molecule has 1 atom stereocenters. The Bertz CT molecular complexity index is 315. The highest BCUT2D eigenvalue weighted by Crippen LogP contribution is 2.31. The number of pyridine rings is 1. The van der Waals surface area contributed by atoms with E-state index in [9.17, 15) is 0 Å². The second-order valence-corrected chi connectivity index (χ2v) is 4.68. The largest absolute Gasteiger partial charge is 0.385 e. The van der Waals surface area contributed by atoms with Crippen molar-refractivity contribution in [1.29, 1.82) is 0 Å². The number of nitrogens with zero attached hydrogens (tertiary/aromatic N) is 2. The zero-order valence-electron chi connectivity index (χ0n) is 10.6. The van der Waals surface area contributed by atoms with Gasteiger partial charge in [-0.05, 0) is 50.4 Å². The summed E-state index contributed by atoms with van der Waals surface area (Å²) >= 11 is 0. The molecule has 0 radical (unpaired) electrons. The van der Waals surface area contributed by atoms with Crippen LogP contribution in [-0.2, 0) is 4.74 Å². The Kier molecular flexibility index (Phi) is 4.95. The van der Waals surface area contributed by atoms with Crippen molar-refractivity contribution < 1.29 is 4.74 Å². The minimum Gasteiger partial charge on any atom is -0.385 e. The lowest BCUT2D eigenvalue weighted by Crippen LogP contribution is -2.24. The van der Waals surface area contributed by atoms with Crippen LogP contribution in [0, 0.1) is 0 Å². The fraction of sp³-hybridized carbons (Fsp3) is 0.643. The van der Waals surface area contributed by atoms with Crippen molar-refractivity contribution in [2.75, 3.05) is 26.8 Å². The van der Waals surface area contributed by atoms with E-state index in [1.807, 2.05) is 18.5 Å². The summed E-state index contributed by atoms with van der Waals surface area (Å²) < 4.78 is 5.09. The summed E-state index contributed by atoms with van der Waals surface area (Å²) in [4.78, 5) is 6.82. The van der Waals surface area contributed by atoms with Gasteiger partial charge in [-0.2, -0.15) is 0 Å². The molecule has 1 fully saturated rings. The molecule has 1 unspecified atom stereocenters. The molecule has 1 saturated heterocycles. The molecule has 1 aromatic rings. The lowest BCUT2D eigenvalue weighted by molar-refractivity contribution is 0.181. The van der Waals surface area contributed by atoms with Gasteiger partial charge < -0.3 is 4.74 Å². The Hall–Kier alpha value is -0.930. The van der Waals surface area contributed by atoms with Gasteiger partial charge in [0.2, 0.25) is 0 Å². The molecule has 0 aromatic carbocycles. The first-order valence-electron chi connectivity index (χ1n) is 6.54. The third kappa shape index (κ3) is 3.51. The van der Waals surface area contributed by atoms with Crippen LogP contribution in [-0.4, -0.2) is 36.7 Å². The quantitative estimate of drug-likeness (QED) is 0.708. The molecule has 0 saturated carbocycles. The van der Waals surface area contributed by atoms with E-state index in [-0.39, 0.29) is 0 Å². The van der Waals surface area contributed by atoms with Gasteiger partial charge in [-0.3, -0.25) is 9.88 Å². The van der Waals surface area contributed by atoms with Crippen molar-refractivity contribution in [3.63, 3.8) is 0 Å². The molecular weight excluding hydrogens is 212 g/mol. The maximum Gasteiger partial charge on any atom is 0.0462 e. The number of unbranched alkanes of at least 4 members (excludes halogenated alkanes) is 1. The van der Waals surface area contributed by atoms with E-state index >= 15 is 0 Å². The van der Waals surface area contributed by atoms with Gasteiger partial charge in [0.1, 0.15) is 0 Å². The number of aromatic nitrogens is 1. The average molecular weight is 234 g/mol. The number of ether oxygens (including phenoxy) is 1. The van der Waals surface area contributed by atoms with Crippen LogP contribution in [0.4, 0.5) is 0 Å². The van der Waals surface area contributed by atoms with Gasteiger partial charge in [0, 0.05) is 32.2 Å². The first kappa shape index (κ1) is 12.5. The third-order valence-electron chi connectivity index (χ3n) is 3.48. The molecule has 0 spiro atoms. The van der Waals surface area contributed by atoms with Crippen LogP contribution in [0.5, 0.6) is 0 Å². The Labute approximate surface area is 104 Å². The predicted octanol–water partition coefficient (Wildman–Crippen LogP) is 2.65. The molecule has 2 heterocycles. The fourth-order valence-corrected chi connectivity index (χ4v) is 2.61. The summed E-state index contributed by atoms with van der Waals surface area (Å²) in [5, 5.41) is 0. The zero-order valence-corrected chi connectivity index (χ0v) is 10.6. The highest BCUT2D eigenvalue weighted by atomic mass is 16.5. The van der Waals surface area contributed by atoms with Crippen LogP contribution in [0.25, 0.3) is 0 Å². The Morgan fingerprint density at radius 2 is 2.41 bits per heavy atom. The third-order valence-corrected chi connectivity index (χ3v) is 3.48. The number of likely N-dealkylation sites (tertiary alicyclic amines) is 1. The summed E-state index contributed by atoms with van der Waals surface area (Å²) in [6, 6.07) is 4.83. The fourth-order valence-electron chi connectivity index (χ4n) is 2.61. The number of methoxy groups -OCH3 is 1. The van der Waals surface area contributed by atoms with Crippen LogP contribution in [0.2, 0.25) is 0 Å². The zero-order chi connectivity index (χ0) is 11.9. The molecule has 17 heavy (non-hydrogen) atoms. The summed E-state index contributed by atoms with van der Waals surface area (Å²) in [6.45, 7) is 3.29. The Morgan fingerprint density at radius 3 is 3.18 bits per heavy atom. The van der Waals surface area contributed by atoms with E-state index in [0.717, 1.165) is 13.0 Å². The number of hydrogen-bond donors (Lipinski definition) is 0. The normalized spacial score (nSPS) is 20.9. The molecule has 0 bridgehead atoms. The van der Waals surface area contributed by atoms with Gasteiger partial charge in [0.15, 0.2) is 0 Å². The summed E-state index contributed by atoms with van der Waals surface area (Å²) in [6.07, 6.45) is 8.83. The summed E-state index contributed by atoms with van der Waals surface area (Å²) in [7, 11) is 1.77. The Balaban J connectivity index is 1.85. The first-order chi connectivity index (χ1) is 8.42. The van der Waals surface area contributed by atoms with Crippen molar-refractivity contribution in [2.24, 2.45) is 0 Å². The molecule has 94 valence electrons. The minimum absolute atomic E-state index is 0.589. The highest BCUT2D eigenvalue weighted by molar-refractivity contribution is 5.15. The minimum atomic E-state index is 0.589. The number of rotatable bonds is 6. The summed E-state index contributed by atoms with van der Waals surface area (Å²) in [5.41, 5.74) is 1.37. The maximum atomic E-state index is 5.09. The molecule has 1 aliphatic heterocycles. The van der Waals surface area contributed by atoms with Crippen molar-refractivity contribution >= 4 is 0 Å². The molecule has 0 N–H and O–H groups in total. The smallest absolute Gasteiger partial charge is 0.0462 e. The second kappa shape index (κ2) is 6.72. The van der Waals surface area contributed by atoms with Gasteiger partial charge >= 0.3 is 0 Å². The molecule has 2 rings (SSSR count). The average Bonchev–Trinajstić information content (AvgIpc) is 2.84. The van der Waals surface area contributed by atoms with Gasteiger partial charge in [-0.1, -0.05) is 6.07 Å². The standard InChI is InChI=1S/C14H22N2O/c1-17-11-3-2-9-16-10-5-7-14(16)13-6-4-8-15-12-13/h4,6,8,12,14H,2-3,5,7,9-11H2,1H3. The SMILES string of the molecule is COCCCCN1CCCC1c1cccnc1. The molecule has 0 aliphatic carbocycles. The van der Waals surface area contributed by atoms with Gasteiger partial charge in [-0.25, -0.2) is 0 Å². The first-order valence-corrected chi connectivity index (χ1v) is 6.54. The van der Waals surface area contributed by atoms with Gasteiger partial charge in [0.05, 0.1) is 0 Å². The van der Waals surface area contributed by atoms with E-state index in [1.54, 1.807) is 7.11 Å². The van der Waals surface area contributed by atoms with E-state index in [0.29, 0.717) is 6.04 Å². The molecule has 1 aromatic heterocycles. The van der Waals surface area contributed by atoms with E-state index in [1.165, 1.54) is 37.9 Å². The molecular formula is C14H22N2O. The monoisotopic (exact) mass is 234 g/mol. The maximum absolute atomic E-state index is 5.09. The lowest BCUT2D eigenvalue weighted by atomic mass is 10.1. The lowest BCUT2D eigenvalue weighted by Gasteiger charge is -2.24. The van der Waals surface area contributed by atoms with E-state index in [2.05, 4.69) is 16.0 Å². The van der Waals surface area contributed by atoms with Crippen molar-refractivity contribution in [3.8, 4) is 0 Å². The molecule has 3 heteroatoms. The molecule has 1 aliphatic rings. The second-order valence-electron chi connectivity index (χ2n) is 4.68. The van der Waals surface area contributed by atoms with Gasteiger partial charge in [0.25, 0.3) is 0 Å². The molecule has 0 amide bonds. The van der Waals surface area contributed by atoms with E-state index < -0.39 is 0 Å². The van der Waals surface area contributed by atoms with Crippen LogP contribution >= 0.6 is 0 Å².